The van der Waals surface area contributed by atoms with Crippen molar-refractivity contribution in [2.45, 2.75) is 32.1 Å². The molecule has 4 heteroatoms. The predicted molar refractivity (Wildman–Crippen MR) is 101 cm³/mol. The minimum Gasteiger partial charge on any atom is -0.497 e. The van der Waals surface area contributed by atoms with Crippen LogP contribution in [0.4, 0.5) is 0 Å². The summed E-state index contributed by atoms with van der Waals surface area (Å²) in [6.45, 7) is 2.02. The molecular weight excluding hydrogens is 314 g/mol. The topological polar surface area (TPSA) is 30.9 Å². The lowest BCUT2D eigenvalue weighted by molar-refractivity contribution is -0.0554. The highest BCUT2D eigenvalue weighted by Gasteiger charge is 2.22. The average molecular weight is 343 g/mol. The largest absolute Gasteiger partial charge is 0.497 e. The van der Waals surface area contributed by atoms with Crippen LogP contribution in [0.3, 0.4) is 0 Å². The van der Waals surface area contributed by atoms with Crippen LogP contribution < -0.4 is 9.47 Å². The van der Waals surface area contributed by atoms with E-state index >= 15 is 0 Å². The lowest BCUT2D eigenvalue weighted by atomic mass is 10.0. The van der Waals surface area contributed by atoms with Crippen molar-refractivity contribution in [3.63, 3.8) is 0 Å². The van der Waals surface area contributed by atoms with Gasteiger partial charge in [-0.3, -0.25) is 4.90 Å². The van der Waals surface area contributed by atoms with Gasteiger partial charge in [-0.2, -0.15) is 0 Å². The zero-order valence-electron chi connectivity index (χ0n) is 15.9. The molecule has 2 aromatic carbocycles. The zero-order valence-corrected chi connectivity index (χ0v) is 15.9. The Kier molecular flexibility index (Phi) is 7.29. The smallest absolute Gasteiger partial charge is 0.178 e. The third-order valence-corrected chi connectivity index (χ3v) is 4.32. The highest BCUT2D eigenvalue weighted by molar-refractivity contribution is 5.35. The van der Waals surface area contributed by atoms with Crippen LogP contribution in [0, 0.1) is 0 Å². The maximum absolute atomic E-state index is 6.27. The minimum absolute atomic E-state index is 0.0264. The number of hydrogen-bond donors (Lipinski definition) is 0. The Morgan fingerprint density at radius 1 is 0.960 bits per heavy atom. The van der Waals surface area contributed by atoms with Gasteiger partial charge in [0.25, 0.3) is 0 Å². The molecule has 0 spiro atoms. The van der Waals surface area contributed by atoms with Gasteiger partial charge in [-0.25, -0.2) is 0 Å². The van der Waals surface area contributed by atoms with E-state index in [0.29, 0.717) is 0 Å². The first-order valence-corrected chi connectivity index (χ1v) is 8.62. The van der Waals surface area contributed by atoms with E-state index in [1.165, 1.54) is 11.1 Å². The van der Waals surface area contributed by atoms with Crippen LogP contribution in [0.5, 0.6) is 11.5 Å². The number of benzene rings is 2. The molecule has 2 atom stereocenters. The summed E-state index contributed by atoms with van der Waals surface area (Å²) < 4.78 is 17.0. The summed E-state index contributed by atoms with van der Waals surface area (Å²) >= 11 is 0. The van der Waals surface area contributed by atoms with Crippen molar-refractivity contribution in [3.05, 3.63) is 59.7 Å². The molecule has 1 unspecified atom stereocenters. The fraction of sp³-hybridized carbons (Fsp3) is 0.429. The summed E-state index contributed by atoms with van der Waals surface area (Å²) in [6, 6.07) is 16.4. The molecule has 2 aromatic rings. The Morgan fingerprint density at radius 2 is 1.72 bits per heavy atom. The van der Waals surface area contributed by atoms with E-state index in [1.54, 1.807) is 14.2 Å². The van der Waals surface area contributed by atoms with Crippen molar-refractivity contribution in [2.24, 2.45) is 0 Å². The first-order valence-electron chi connectivity index (χ1n) is 8.62. The van der Waals surface area contributed by atoms with Gasteiger partial charge in [0.2, 0.25) is 0 Å². The minimum atomic E-state index is -0.136. The fourth-order valence-electron chi connectivity index (χ4n) is 2.80. The van der Waals surface area contributed by atoms with Crippen LogP contribution in [0.2, 0.25) is 0 Å². The molecule has 0 heterocycles. The number of nitrogens with zero attached hydrogens (tertiary/aromatic N) is 1. The quantitative estimate of drug-likeness (QED) is 0.648. The summed E-state index contributed by atoms with van der Waals surface area (Å²) in [7, 11) is 7.40. The van der Waals surface area contributed by atoms with Gasteiger partial charge in [0, 0.05) is 7.11 Å². The monoisotopic (exact) mass is 343 g/mol. The molecule has 0 fully saturated rings. The Labute approximate surface area is 151 Å². The summed E-state index contributed by atoms with van der Waals surface area (Å²) in [6.07, 6.45) is 1.68. The molecule has 136 valence electrons. The third-order valence-electron chi connectivity index (χ3n) is 4.32. The van der Waals surface area contributed by atoms with Crippen molar-refractivity contribution in [3.8, 4) is 11.5 Å². The van der Waals surface area contributed by atoms with Crippen LogP contribution in [0.1, 0.15) is 18.1 Å². The summed E-state index contributed by atoms with van der Waals surface area (Å²) in [5.41, 5.74) is 2.45. The van der Waals surface area contributed by atoms with Crippen molar-refractivity contribution in [1.29, 1.82) is 0 Å². The van der Waals surface area contributed by atoms with E-state index in [4.69, 9.17) is 14.2 Å². The normalized spacial score (nSPS) is 13.5. The number of rotatable bonds is 9. The lowest BCUT2D eigenvalue weighted by Crippen LogP contribution is -2.43. The van der Waals surface area contributed by atoms with Crippen LogP contribution in [0.15, 0.2) is 48.5 Å². The van der Waals surface area contributed by atoms with Gasteiger partial charge in [0.05, 0.1) is 7.11 Å². The highest BCUT2D eigenvalue weighted by Crippen LogP contribution is 2.24. The molecule has 0 bridgehead atoms. The molecule has 0 aliphatic heterocycles. The van der Waals surface area contributed by atoms with Gasteiger partial charge in [-0.05, 0) is 63.2 Å². The van der Waals surface area contributed by atoms with Crippen molar-refractivity contribution < 1.29 is 14.2 Å². The molecule has 0 aliphatic rings. The number of para-hydroxylation sites is 1. The van der Waals surface area contributed by atoms with Gasteiger partial charge in [-0.1, -0.05) is 30.3 Å². The number of likely N-dealkylation sites (N-methyl/N-ethyl adjacent to an activating group) is 1. The van der Waals surface area contributed by atoms with E-state index in [-0.39, 0.29) is 12.3 Å². The highest BCUT2D eigenvalue weighted by atomic mass is 16.5. The molecule has 0 radical (unpaired) electrons. The Hall–Kier alpha value is -2.04. The second-order valence-corrected chi connectivity index (χ2v) is 6.37. The van der Waals surface area contributed by atoms with Crippen LogP contribution in [0.25, 0.3) is 0 Å². The van der Waals surface area contributed by atoms with Gasteiger partial charge >= 0.3 is 0 Å². The molecule has 0 aromatic heterocycles. The number of aryl methyl sites for hydroxylation is 2. The van der Waals surface area contributed by atoms with Crippen LogP contribution in [-0.2, 0) is 17.6 Å². The number of ether oxygens (including phenoxy) is 3. The maximum Gasteiger partial charge on any atom is 0.178 e. The molecule has 0 saturated carbocycles. The Balaban J connectivity index is 2.11. The first kappa shape index (κ1) is 19.3. The predicted octanol–water partition coefficient (Wildman–Crippen LogP) is 3.78. The summed E-state index contributed by atoms with van der Waals surface area (Å²) in [5, 5.41) is 0. The third kappa shape index (κ3) is 5.48. The molecule has 0 amide bonds. The molecule has 0 aliphatic carbocycles. The molecule has 0 saturated heterocycles. The molecule has 0 N–H and O–H groups in total. The van der Waals surface area contributed by atoms with Crippen LogP contribution >= 0.6 is 0 Å². The number of hydrogen-bond acceptors (Lipinski definition) is 4. The standard InChI is InChI=1S/C21H29NO3/c1-16(23-4)21(22(2)3)25-20-12-7-6-10-18(20)14-13-17-9-8-11-19(15-17)24-5/h6-12,15-16,21H,13-14H2,1-5H3/t16?,21-/m1/s1. The van der Waals surface area contributed by atoms with E-state index in [0.717, 1.165) is 24.3 Å². The van der Waals surface area contributed by atoms with Gasteiger partial charge in [-0.15, -0.1) is 0 Å². The second kappa shape index (κ2) is 9.44. The maximum atomic E-state index is 6.27. The molecule has 2 rings (SSSR count). The fourth-order valence-corrected chi connectivity index (χ4v) is 2.80. The second-order valence-electron chi connectivity index (χ2n) is 6.37. The van der Waals surface area contributed by atoms with Gasteiger partial charge in [0.1, 0.15) is 17.6 Å². The summed E-state index contributed by atoms with van der Waals surface area (Å²) in [4.78, 5) is 2.03. The Bertz CT molecular complexity index is 657. The molecular formula is C21H29NO3. The van der Waals surface area contributed by atoms with E-state index in [2.05, 4.69) is 24.3 Å². The average Bonchev–Trinajstić information content (AvgIpc) is 2.64. The van der Waals surface area contributed by atoms with Crippen molar-refractivity contribution in [2.75, 3.05) is 28.3 Å². The SMILES string of the molecule is COc1cccc(CCc2ccccc2O[C@H](C(C)OC)N(C)C)c1. The van der Waals surface area contributed by atoms with Gasteiger partial charge in [0.15, 0.2) is 6.23 Å². The molecule has 25 heavy (non-hydrogen) atoms. The van der Waals surface area contributed by atoms with E-state index in [9.17, 15) is 0 Å². The summed E-state index contributed by atoms with van der Waals surface area (Å²) in [5.74, 6) is 1.80. The zero-order chi connectivity index (χ0) is 18.2. The Morgan fingerprint density at radius 3 is 2.40 bits per heavy atom. The van der Waals surface area contributed by atoms with Crippen molar-refractivity contribution >= 4 is 0 Å². The number of methoxy groups -OCH3 is 2. The van der Waals surface area contributed by atoms with Crippen molar-refractivity contribution in [1.82, 2.24) is 4.90 Å². The van der Waals surface area contributed by atoms with Crippen LogP contribution in [-0.4, -0.2) is 45.5 Å². The lowest BCUT2D eigenvalue weighted by Gasteiger charge is -2.30. The first-order chi connectivity index (χ1) is 12.0. The van der Waals surface area contributed by atoms with Gasteiger partial charge < -0.3 is 14.2 Å². The molecule has 4 nitrogen and oxygen atoms in total. The van der Waals surface area contributed by atoms with E-state index in [1.807, 2.05) is 50.2 Å². The van der Waals surface area contributed by atoms with E-state index < -0.39 is 0 Å².